The number of carbonyl (C=O) groups excluding carboxylic acids is 1. The minimum atomic E-state index is 0.0697. The Morgan fingerprint density at radius 3 is 2.96 bits per heavy atom. The molecule has 6 nitrogen and oxygen atoms in total. The molecular formula is C20H27N5O. The standard InChI is InChI=1S/C20H27N5O/c1-15-13-24(14-16-6-3-2-4-7-16)10-5-11-25(15)20(26)19-17-12-21-9-8-18(17)22-23-19/h2-4,6-7,15,21H,5,8-14H2,1H3,(H,22,23). The lowest BCUT2D eigenvalue weighted by molar-refractivity contribution is 0.0684. The van der Waals surface area contributed by atoms with E-state index in [2.05, 4.69) is 51.6 Å². The third-order valence-corrected chi connectivity index (χ3v) is 5.45. The molecular weight excluding hydrogens is 326 g/mol. The maximum Gasteiger partial charge on any atom is 0.274 e. The molecule has 4 rings (SSSR count). The summed E-state index contributed by atoms with van der Waals surface area (Å²) in [5, 5.41) is 10.8. The molecule has 2 aliphatic heterocycles. The van der Waals surface area contributed by atoms with Crippen molar-refractivity contribution in [3.63, 3.8) is 0 Å². The van der Waals surface area contributed by atoms with Crippen LogP contribution in [0.4, 0.5) is 0 Å². The smallest absolute Gasteiger partial charge is 0.274 e. The number of H-pyrrole nitrogens is 1. The lowest BCUT2D eigenvalue weighted by Gasteiger charge is -2.29. The number of carbonyl (C=O) groups is 1. The van der Waals surface area contributed by atoms with Crippen LogP contribution in [0, 0.1) is 0 Å². The summed E-state index contributed by atoms with van der Waals surface area (Å²) in [6.45, 7) is 7.47. The largest absolute Gasteiger partial charge is 0.333 e. The van der Waals surface area contributed by atoms with Crippen LogP contribution >= 0.6 is 0 Å². The number of aromatic amines is 1. The molecule has 138 valence electrons. The number of benzene rings is 1. The Morgan fingerprint density at radius 2 is 2.12 bits per heavy atom. The molecule has 1 unspecified atom stereocenters. The van der Waals surface area contributed by atoms with Gasteiger partial charge in [-0.1, -0.05) is 30.3 Å². The molecule has 1 atom stereocenters. The molecule has 1 amide bonds. The summed E-state index contributed by atoms with van der Waals surface area (Å²) in [5.74, 6) is 0.0697. The number of fused-ring (bicyclic) bond motifs is 1. The quantitative estimate of drug-likeness (QED) is 0.883. The fourth-order valence-electron chi connectivity index (χ4n) is 4.07. The van der Waals surface area contributed by atoms with Crippen molar-refractivity contribution in [2.45, 2.75) is 38.9 Å². The van der Waals surface area contributed by atoms with Gasteiger partial charge >= 0.3 is 0 Å². The van der Waals surface area contributed by atoms with Crippen LogP contribution in [-0.2, 0) is 19.5 Å². The second-order valence-electron chi connectivity index (χ2n) is 7.38. The number of hydrogen-bond acceptors (Lipinski definition) is 4. The van der Waals surface area contributed by atoms with E-state index < -0.39 is 0 Å². The summed E-state index contributed by atoms with van der Waals surface area (Å²) in [5.41, 5.74) is 4.10. The molecule has 1 aromatic carbocycles. The van der Waals surface area contributed by atoms with Crippen LogP contribution in [0.1, 0.15) is 40.7 Å². The van der Waals surface area contributed by atoms with Crippen molar-refractivity contribution in [3.8, 4) is 0 Å². The van der Waals surface area contributed by atoms with Crippen molar-refractivity contribution in [2.75, 3.05) is 26.2 Å². The molecule has 0 spiro atoms. The van der Waals surface area contributed by atoms with Crippen molar-refractivity contribution in [1.29, 1.82) is 0 Å². The average Bonchev–Trinajstić information content (AvgIpc) is 3.00. The monoisotopic (exact) mass is 353 g/mol. The van der Waals surface area contributed by atoms with E-state index in [4.69, 9.17) is 0 Å². The van der Waals surface area contributed by atoms with Crippen LogP contribution in [0.3, 0.4) is 0 Å². The SMILES string of the molecule is CC1CN(Cc2ccccc2)CCCN1C(=O)c1n[nH]c2c1CNCC2. The molecule has 2 aliphatic rings. The van der Waals surface area contributed by atoms with Crippen molar-refractivity contribution < 1.29 is 4.79 Å². The van der Waals surface area contributed by atoms with Gasteiger partial charge in [0.1, 0.15) is 0 Å². The first-order valence-corrected chi connectivity index (χ1v) is 9.56. The van der Waals surface area contributed by atoms with Crippen molar-refractivity contribution in [2.24, 2.45) is 0 Å². The van der Waals surface area contributed by atoms with E-state index in [1.807, 2.05) is 11.0 Å². The van der Waals surface area contributed by atoms with Crippen LogP contribution in [0.15, 0.2) is 30.3 Å². The normalized spacial score (nSPS) is 21.3. The van der Waals surface area contributed by atoms with Gasteiger partial charge in [-0.15, -0.1) is 0 Å². The van der Waals surface area contributed by atoms with Crippen LogP contribution in [0.5, 0.6) is 0 Å². The summed E-state index contributed by atoms with van der Waals surface area (Å²) in [6, 6.07) is 10.7. The number of rotatable bonds is 3. The molecule has 6 heteroatoms. The lowest BCUT2D eigenvalue weighted by Crippen LogP contribution is -2.43. The van der Waals surface area contributed by atoms with Gasteiger partial charge in [-0.2, -0.15) is 5.10 Å². The fourth-order valence-corrected chi connectivity index (χ4v) is 4.07. The van der Waals surface area contributed by atoms with Crippen LogP contribution < -0.4 is 5.32 Å². The summed E-state index contributed by atoms with van der Waals surface area (Å²) in [7, 11) is 0. The van der Waals surface area contributed by atoms with Gasteiger partial charge in [-0.3, -0.25) is 14.8 Å². The van der Waals surface area contributed by atoms with Crippen LogP contribution in [0.25, 0.3) is 0 Å². The van der Waals surface area contributed by atoms with Gasteiger partial charge < -0.3 is 10.2 Å². The van der Waals surface area contributed by atoms with Gasteiger partial charge in [0.15, 0.2) is 5.69 Å². The minimum absolute atomic E-state index is 0.0697. The third-order valence-electron chi connectivity index (χ3n) is 5.45. The first-order chi connectivity index (χ1) is 12.7. The summed E-state index contributed by atoms with van der Waals surface area (Å²) in [6.07, 6.45) is 1.91. The van der Waals surface area contributed by atoms with E-state index in [0.717, 1.165) is 63.4 Å². The van der Waals surface area contributed by atoms with E-state index in [1.165, 1.54) is 5.56 Å². The zero-order chi connectivity index (χ0) is 17.9. The van der Waals surface area contributed by atoms with Gasteiger partial charge in [-0.25, -0.2) is 0 Å². The predicted octanol–water partition coefficient (Wildman–Crippen LogP) is 1.79. The molecule has 26 heavy (non-hydrogen) atoms. The van der Waals surface area contributed by atoms with Crippen LogP contribution in [0.2, 0.25) is 0 Å². The maximum atomic E-state index is 13.2. The Morgan fingerprint density at radius 1 is 1.27 bits per heavy atom. The van der Waals surface area contributed by atoms with E-state index in [-0.39, 0.29) is 11.9 Å². The fraction of sp³-hybridized carbons (Fsp3) is 0.500. The summed E-state index contributed by atoms with van der Waals surface area (Å²) in [4.78, 5) is 17.6. The predicted molar refractivity (Wildman–Crippen MR) is 101 cm³/mol. The molecule has 2 N–H and O–H groups in total. The van der Waals surface area contributed by atoms with Gasteiger partial charge in [0.05, 0.1) is 0 Å². The third kappa shape index (κ3) is 3.52. The molecule has 0 radical (unpaired) electrons. The topological polar surface area (TPSA) is 64.3 Å². The van der Waals surface area contributed by atoms with E-state index in [9.17, 15) is 4.79 Å². The second kappa shape index (κ2) is 7.60. The highest BCUT2D eigenvalue weighted by atomic mass is 16.2. The van der Waals surface area contributed by atoms with E-state index in [0.29, 0.717) is 5.69 Å². The van der Waals surface area contributed by atoms with Gasteiger partial charge in [0, 0.05) is 63.0 Å². The highest BCUT2D eigenvalue weighted by Gasteiger charge is 2.30. The van der Waals surface area contributed by atoms with Gasteiger partial charge in [-0.05, 0) is 18.9 Å². The Bertz CT molecular complexity index is 757. The molecule has 0 saturated carbocycles. The highest BCUT2D eigenvalue weighted by Crippen LogP contribution is 2.20. The number of amides is 1. The van der Waals surface area contributed by atoms with E-state index >= 15 is 0 Å². The molecule has 3 heterocycles. The molecule has 1 aromatic heterocycles. The van der Waals surface area contributed by atoms with Crippen molar-refractivity contribution >= 4 is 5.91 Å². The van der Waals surface area contributed by atoms with Crippen LogP contribution in [-0.4, -0.2) is 58.1 Å². The van der Waals surface area contributed by atoms with Crippen molar-refractivity contribution in [1.82, 2.24) is 25.3 Å². The molecule has 0 bridgehead atoms. The first kappa shape index (κ1) is 17.2. The molecule has 0 aliphatic carbocycles. The second-order valence-corrected chi connectivity index (χ2v) is 7.38. The lowest BCUT2D eigenvalue weighted by atomic mass is 10.1. The zero-order valence-corrected chi connectivity index (χ0v) is 15.4. The zero-order valence-electron chi connectivity index (χ0n) is 15.4. The molecule has 1 fully saturated rings. The number of nitrogens with one attached hydrogen (secondary N) is 2. The number of hydrogen-bond donors (Lipinski definition) is 2. The average molecular weight is 353 g/mol. The highest BCUT2D eigenvalue weighted by molar-refractivity contribution is 5.94. The van der Waals surface area contributed by atoms with E-state index in [1.54, 1.807) is 0 Å². The summed E-state index contributed by atoms with van der Waals surface area (Å²) < 4.78 is 0. The molecule has 2 aromatic rings. The maximum absolute atomic E-state index is 13.2. The minimum Gasteiger partial charge on any atom is -0.333 e. The van der Waals surface area contributed by atoms with Gasteiger partial charge in [0.25, 0.3) is 5.91 Å². The Kier molecular flexibility index (Phi) is 5.04. The Hall–Kier alpha value is -2.18. The summed E-state index contributed by atoms with van der Waals surface area (Å²) >= 11 is 0. The Balaban J connectivity index is 1.46. The Labute approximate surface area is 154 Å². The first-order valence-electron chi connectivity index (χ1n) is 9.56. The molecule has 1 saturated heterocycles. The van der Waals surface area contributed by atoms with Gasteiger partial charge in [0.2, 0.25) is 0 Å². The van der Waals surface area contributed by atoms with Crippen molar-refractivity contribution in [3.05, 3.63) is 52.8 Å². The number of nitrogens with zero attached hydrogens (tertiary/aromatic N) is 3. The number of aromatic nitrogens is 2.